The molecule has 0 atom stereocenters. The minimum Gasteiger partial charge on any atom is -0.306 e. The fraction of sp³-hybridized carbons (Fsp3) is 1.00. The molecule has 1 nitrogen and oxygen atoms in total. The van der Waals surface area contributed by atoms with Gasteiger partial charge in [0.15, 0.2) is 0 Å². The van der Waals surface area contributed by atoms with E-state index in [1.165, 1.54) is 45.2 Å². The fourth-order valence-corrected chi connectivity index (χ4v) is 1.78. The molecule has 0 N–H and O–H groups in total. The van der Waals surface area contributed by atoms with Gasteiger partial charge in [0.2, 0.25) is 0 Å². The Morgan fingerprint density at radius 3 is 2.58 bits per heavy atom. The van der Waals surface area contributed by atoms with Crippen LogP contribution in [-0.4, -0.2) is 30.8 Å². The molecule has 0 aliphatic heterocycles. The fourth-order valence-electron chi connectivity index (χ4n) is 1.64. The maximum absolute atomic E-state index is 4.21. The second-order valence-corrected chi connectivity index (χ2v) is 4.41. The molecule has 1 saturated carbocycles. The summed E-state index contributed by atoms with van der Waals surface area (Å²) in [5, 5.41) is 0. The summed E-state index contributed by atoms with van der Waals surface area (Å²) >= 11 is 4.21. The lowest BCUT2D eigenvalue weighted by Crippen LogP contribution is -2.25. The number of thiol groups is 1. The average Bonchev–Trinajstić information content (AvgIpc) is 1.98. The van der Waals surface area contributed by atoms with Gasteiger partial charge in [-0.25, -0.2) is 0 Å². The SMILES string of the molecule is CN(CCCS)CCC1CCC1. The van der Waals surface area contributed by atoms with Crippen LogP contribution < -0.4 is 0 Å². The molecular weight excluding hydrogens is 166 g/mol. The summed E-state index contributed by atoms with van der Waals surface area (Å²) in [5.41, 5.74) is 0. The zero-order valence-corrected chi connectivity index (χ0v) is 9.02. The smallest absolute Gasteiger partial charge is 0.00140 e. The topological polar surface area (TPSA) is 3.24 Å². The molecule has 1 aliphatic carbocycles. The summed E-state index contributed by atoms with van der Waals surface area (Å²) in [5.74, 6) is 2.08. The third-order valence-electron chi connectivity index (χ3n) is 2.84. The van der Waals surface area contributed by atoms with Crippen molar-refractivity contribution in [2.45, 2.75) is 32.1 Å². The molecule has 0 aromatic heterocycles. The van der Waals surface area contributed by atoms with Crippen LogP contribution in [-0.2, 0) is 0 Å². The van der Waals surface area contributed by atoms with Gasteiger partial charge in [0.25, 0.3) is 0 Å². The van der Waals surface area contributed by atoms with Crippen LogP contribution in [0, 0.1) is 5.92 Å². The van der Waals surface area contributed by atoms with Crippen molar-refractivity contribution in [3.8, 4) is 0 Å². The molecule has 72 valence electrons. The van der Waals surface area contributed by atoms with E-state index >= 15 is 0 Å². The van der Waals surface area contributed by atoms with Crippen LogP contribution in [0.5, 0.6) is 0 Å². The summed E-state index contributed by atoms with van der Waals surface area (Å²) in [4.78, 5) is 2.44. The molecule has 0 amide bonds. The molecule has 0 unspecified atom stereocenters. The van der Waals surface area contributed by atoms with Gasteiger partial charge in [-0.2, -0.15) is 12.6 Å². The lowest BCUT2D eigenvalue weighted by atomic mass is 9.83. The predicted octanol–water partition coefficient (Wildman–Crippen LogP) is 2.43. The van der Waals surface area contributed by atoms with Gasteiger partial charge in [-0.3, -0.25) is 0 Å². The molecule has 1 rings (SSSR count). The van der Waals surface area contributed by atoms with Gasteiger partial charge < -0.3 is 4.90 Å². The minimum absolute atomic E-state index is 1.02. The highest BCUT2D eigenvalue weighted by Gasteiger charge is 2.16. The Morgan fingerprint density at radius 2 is 2.08 bits per heavy atom. The van der Waals surface area contributed by atoms with E-state index in [0.29, 0.717) is 0 Å². The van der Waals surface area contributed by atoms with Gasteiger partial charge in [-0.1, -0.05) is 19.3 Å². The average molecular weight is 187 g/mol. The molecule has 1 fully saturated rings. The highest BCUT2D eigenvalue weighted by molar-refractivity contribution is 7.80. The molecule has 12 heavy (non-hydrogen) atoms. The van der Waals surface area contributed by atoms with E-state index in [4.69, 9.17) is 0 Å². The van der Waals surface area contributed by atoms with Gasteiger partial charge in [-0.15, -0.1) is 0 Å². The predicted molar refractivity (Wildman–Crippen MR) is 57.9 cm³/mol. The second kappa shape index (κ2) is 5.87. The number of hydrogen-bond donors (Lipinski definition) is 1. The van der Waals surface area contributed by atoms with E-state index in [0.717, 1.165) is 11.7 Å². The first-order valence-electron chi connectivity index (χ1n) is 5.12. The summed E-state index contributed by atoms with van der Waals surface area (Å²) in [6.45, 7) is 2.51. The molecule has 0 bridgehead atoms. The Bertz CT molecular complexity index is 112. The van der Waals surface area contributed by atoms with Crippen LogP contribution in [0.15, 0.2) is 0 Å². The number of rotatable bonds is 6. The van der Waals surface area contributed by atoms with E-state index in [1.807, 2.05) is 0 Å². The van der Waals surface area contributed by atoms with Crippen molar-refractivity contribution in [2.24, 2.45) is 5.92 Å². The Morgan fingerprint density at radius 1 is 1.33 bits per heavy atom. The van der Waals surface area contributed by atoms with Crippen molar-refractivity contribution < 1.29 is 0 Å². The normalized spacial score (nSPS) is 18.2. The first kappa shape index (κ1) is 10.4. The van der Waals surface area contributed by atoms with E-state index < -0.39 is 0 Å². The zero-order chi connectivity index (χ0) is 8.81. The van der Waals surface area contributed by atoms with Crippen LogP contribution in [0.25, 0.3) is 0 Å². The quantitative estimate of drug-likeness (QED) is 0.625. The third kappa shape index (κ3) is 3.81. The number of hydrogen-bond acceptors (Lipinski definition) is 2. The molecule has 0 heterocycles. The third-order valence-corrected chi connectivity index (χ3v) is 3.16. The first-order chi connectivity index (χ1) is 5.83. The van der Waals surface area contributed by atoms with Crippen molar-refractivity contribution in [2.75, 3.05) is 25.9 Å². The standard InChI is InChI=1S/C10H21NS/c1-11(7-3-9-12)8-6-10-4-2-5-10/h10,12H,2-9H2,1H3. The van der Waals surface area contributed by atoms with Crippen molar-refractivity contribution in [1.29, 1.82) is 0 Å². The van der Waals surface area contributed by atoms with Crippen LogP contribution in [0.2, 0.25) is 0 Å². The molecule has 1 aliphatic rings. The highest BCUT2D eigenvalue weighted by atomic mass is 32.1. The van der Waals surface area contributed by atoms with E-state index in [-0.39, 0.29) is 0 Å². The Kier molecular flexibility index (Phi) is 5.08. The Balaban J connectivity index is 1.90. The highest BCUT2D eigenvalue weighted by Crippen LogP contribution is 2.29. The summed E-state index contributed by atoms with van der Waals surface area (Å²) in [6.07, 6.45) is 7.10. The van der Waals surface area contributed by atoms with Crippen molar-refractivity contribution in [1.82, 2.24) is 4.90 Å². The minimum atomic E-state index is 1.02. The lowest BCUT2D eigenvalue weighted by Gasteiger charge is -2.27. The second-order valence-electron chi connectivity index (χ2n) is 3.97. The summed E-state index contributed by atoms with van der Waals surface area (Å²) in [6, 6.07) is 0. The summed E-state index contributed by atoms with van der Waals surface area (Å²) < 4.78 is 0. The van der Waals surface area contributed by atoms with Crippen LogP contribution in [0.1, 0.15) is 32.1 Å². The van der Waals surface area contributed by atoms with Gasteiger partial charge in [-0.05, 0) is 44.6 Å². The maximum Gasteiger partial charge on any atom is -0.00140 e. The van der Waals surface area contributed by atoms with Crippen LogP contribution in [0.4, 0.5) is 0 Å². The first-order valence-corrected chi connectivity index (χ1v) is 5.75. The van der Waals surface area contributed by atoms with Gasteiger partial charge >= 0.3 is 0 Å². The van der Waals surface area contributed by atoms with Crippen molar-refractivity contribution >= 4 is 12.6 Å². The van der Waals surface area contributed by atoms with E-state index in [2.05, 4.69) is 24.6 Å². The van der Waals surface area contributed by atoms with Crippen molar-refractivity contribution in [3.63, 3.8) is 0 Å². The lowest BCUT2D eigenvalue weighted by molar-refractivity contribution is 0.239. The van der Waals surface area contributed by atoms with Crippen LogP contribution >= 0.6 is 12.6 Å². The molecule has 0 spiro atoms. The van der Waals surface area contributed by atoms with Crippen molar-refractivity contribution in [3.05, 3.63) is 0 Å². The van der Waals surface area contributed by atoms with Gasteiger partial charge in [0, 0.05) is 0 Å². The molecular formula is C10H21NS. The van der Waals surface area contributed by atoms with E-state index in [9.17, 15) is 0 Å². The van der Waals surface area contributed by atoms with Gasteiger partial charge in [0.1, 0.15) is 0 Å². The Labute approximate surface area is 81.9 Å². The Hall–Kier alpha value is 0.310. The van der Waals surface area contributed by atoms with Crippen LogP contribution in [0.3, 0.4) is 0 Å². The molecule has 0 aromatic rings. The maximum atomic E-state index is 4.21. The van der Waals surface area contributed by atoms with Gasteiger partial charge in [0.05, 0.1) is 0 Å². The largest absolute Gasteiger partial charge is 0.306 e. The van der Waals surface area contributed by atoms with E-state index in [1.54, 1.807) is 0 Å². The number of nitrogens with zero attached hydrogens (tertiary/aromatic N) is 1. The molecule has 0 aromatic carbocycles. The molecule has 0 saturated heterocycles. The summed E-state index contributed by atoms with van der Waals surface area (Å²) in [7, 11) is 2.22. The molecule has 0 radical (unpaired) electrons. The zero-order valence-electron chi connectivity index (χ0n) is 8.13. The monoisotopic (exact) mass is 187 g/mol. The molecule has 2 heteroatoms.